The van der Waals surface area contributed by atoms with Gasteiger partial charge in [0.05, 0.1) is 6.10 Å². The highest BCUT2D eigenvalue weighted by molar-refractivity contribution is 5.80. The van der Waals surface area contributed by atoms with Gasteiger partial charge in [0.2, 0.25) is 5.91 Å². The van der Waals surface area contributed by atoms with E-state index in [1.54, 1.807) is 0 Å². The molecule has 2 aliphatic heterocycles. The minimum absolute atomic E-state index is 0.0174. The largest absolute Gasteiger partial charge is 0.491 e. The summed E-state index contributed by atoms with van der Waals surface area (Å²) >= 11 is 0. The summed E-state index contributed by atoms with van der Waals surface area (Å²) in [7, 11) is 0. The number of benzene rings is 1. The Morgan fingerprint density at radius 3 is 2.59 bits per heavy atom. The summed E-state index contributed by atoms with van der Waals surface area (Å²) in [5.74, 6) is 0.820. The molecular weight excluding hydrogens is 282 g/mol. The van der Waals surface area contributed by atoms with Gasteiger partial charge in [-0.2, -0.15) is 0 Å². The fourth-order valence-electron chi connectivity index (χ4n) is 2.76. The smallest absolute Gasteiger partial charge is 0.249 e. The van der Waals surface area contributed by atoms with E-state index in [1.165, 1.54) is 0 Å². The van der Waals surface area contributed by atoms with Crippen molar-refractivity contribution in [2.75, 3.05) is 19.8 Å². The molecule has 22 heavy (non-hydrogen) atoms. The third kappa shape index (κ3) is 4.21. The van der Waals surface area contributed by atoms with Crippen molar-refractivity contribution in [2.45, 2.75) is 44.4 Å². The summed E-state index contributed by atoms with van der Waals surface area (Å²) < 4.78 is 16.6. The van der Waals surface area contributed by atoms with Gasteiger partial charge in [-0.25, -0.2) is 0 Å². The topological polar surface area (TPSA) is 56.8 Å². The Labute approximate surface area is 130 Å². The second-order valence-electron chi connectivity index (χ2n) is 5.81. The number of carbonyl (C=O) groups is 1. The van der Waals surface area contributed by atoms with Crippen LogP contribution in [0.4, 0.5) is 0 Å². The summed E-state index contributed by atoms with van der Waals surface area (Å²) in [6.45, 7) is 2.66. The van der Waals surface area contributed by atoms with Crippen LogP contribution >= 0.6 is 0 Å². The molecule has 0 bridgehead atoms. The molecule has 2 atom stereocenters. The average Bonchev–Trinajstić information content (AvgIpc) is 3.24. The molecule has 1 amide bonds. The van der Waals surface area contributed by atoms with Crippen molar-refractivity contribution in [2.24, 2.45) is 0 Å². The lowest BCUT2D eigenvalue weighted by molar-refractivity contribution is -0.130. The van der Waals surface area contributed by atoms with Crippen LogP contribution in [0.5, 0.6) is 5.75 Å². The molecule has 2 heterocycles. The summed E-state index contributed by atoms with van der Waals surface area (Å²) in [6, 6.07) is 7.81. The van der Waals surface area contributed by atoms with Crippen LogP contribution < -0.4 is 10.1 Å². The molecule has 1 aromatic rings. The number of hydrogen-bond donors (Lipinski definition) is 1. The lowest BCUT2D eigenvalue weighted by atomic mass is 10.2. The molecule has 1 N–H and O–H groups in total. The molecule has 2 saturated heterocycles. The first-order valence-corrected chi connectivity index (χ1v) is 8.04. The zero-order valence-electron chi connectivity index (χ0n) is 12.8. The third-order valence-corrected chi connectivity index (χ3v) is 4.07. The molecule has 5 nitrogen and oxygen atoms in total. The van der Waals surface area contributed by atoms with Crippen LogP contribution in [-0.4, -0.2) is 37.9 Å². The van der Waals surface area contributed by atoms with E-state index in [2.05, 4.69) is 5.32 Å². The number of hydrogen-bond acceptors (Lipinski definition) is 4. The zero-order chi connectivity index (χ0) is 15.2. The fraction of sp³-hybridized carbons (Fsp3) is 0.588. The first kappa shape index (κ1) is 15.3. The van der Waals surface area contributed by atoms with Gasteiger partial charge in [-0.05, 0) is 43.4 Å². The van der Waals surface area contributed by atoms with Gasteiger partial charge in [-0.15, -0.1) is 0 Å². The van der Waals surface area contributed by atoms with Crippen LogP contribution in [0.1, 0.15) is 31.2 Å². The van der Waals surface area contributed by atoms with Gasteiger partial charge >= 0.3 is 0 Å². The van der Waals surface area contributed by atoms with E-state index in [4.69, 9.17) is 14.2 Å². The molecule has 0 saturated carbocycles. The molecule has 5 heteroatoms. The van der Waals surface area contributed by atoms with Crippen molar-refractivity contribution in [3.8, 4) is 5.75 Å². The quantitative estimate of drug-likeness (QED) is 0.874. The lowest BCUT2D eigenvalue weighted by Crippen LogP contribution is -2.33. The number of amides is 1. The van der Waals surface area contributed by atoms with E-state index in [0.717, 1.165) is 43.6 Å². The molecule has 120 valence electrons. The van der Waals surface area contributed by atoms with Gasteiger partial charge < -0.3 is 19.5 Å². The highest BCUT2D eigenvalue weighted by Gasteiger charge is 2.23. The predicted octanol–water partition coefficient (Wildman–Crippen LogP) is 2.04. The van der Waals surface area contributed by atoms with Gasteiger partial charge in [0.1, 0.15) is 18.5 Å². The highest BCUT2D eigenvalue weighted by atomic mass is 16.5. The Kier molecular flexibility index (Phi) is 5.29. The molecule has 0 unspecified atom stereocenters. The maximum atomic E-state index is 11.9. The monoisotopic (exact) mass is 305 g/mol. The van der Waals surface area contributed by atoms with E-state index in [9.17, 15) is 4.79 Å². The summed E-state index contributed by atoms with van der Waals surface area (Å²) in [5.41, 5.74) is 1.05. The van der Waals surface area contributed by atoms with Crippen molar-refractivity contribution in [3.63, 3.8) is 0 Å². The van der Waals surface area contributed by atoms with E-state index in [1.807, 2.05) is 24.3 Å². The Balaban J connectivity index is 1.41. The number of nitrogens with one attached hydrogen (secondary N) is 1. The van der Waals surface area contributed by atoms with E-state index >= 15 is 0 Å². The molecule has 0 spiro atoms. The minimum atomic E-state index is -0.269. The van der Waals surface area contributed by atoms with Crippen molar-refractivity contribution in [1.82, 2.24) is 5.32 Å². The summed E-state index contributed by atoms with van der Waals surface area (Å²) in [6.07, 6.45) is 3.95. The lowest BCUT2D eigenvalue weighted by Gasteiger charge is -2.12. The molecular formula is C17H23NO4. The molecule has 1 aromatic carbocycles. The molecule has 3 rings (SSSR count). The van der Waals surface area contributed by atoms with Gasteiger partial charge in [-0.3, -0.25) is 4.79 Å². The summed E-state index contributed by atoms with van der Waals surface area (Å²) in [5, 5.41) is 2.91. The van der Waals surface area contributed by atoms with E-state index in [0.29, 0.717) is 19.8 Å². The average molecular weight is 305 g/mol. The molecule has 2 fully saturated rings. The Morgan fingerprint density at radius 1 is 1.14 bits per heavy atom. The van der Waals surface area contributed by atoms with Crippen molar-refractivity contribution >= 4 is 5.91 Å². The molecule has 0 radical (unpaired) electrons. The molecule has 0 aliphatic carbocycles. The SMILES string of the molecule is O=C(NCc1ccc(OC[C@H]2CCCO2)cc1)[C@H]1CCCO1. The number of ether oxygens (including phenoxy) is 3. The second-order valence-corrected chi connectivity index (χ2v) is 5.81. The van der Waals surface area contributed by atoms with Crippen molar-refractivity contribution < 1.29 is 19.0 Å². The van der Waals surface area contributed by atoms with Crippen LogP contribution in [0.3, 0.4) is 0 Å². The number of rotatable bonds is 6. The van der Waals surface area contributed by atoms with Gasteiger partial charge in [0.15, 0.2) is 0 Å². The van der Waals surface area contributed by atoms with Crippen LogP contribution in [0, 0.1) is 0 Å². The molecule has 0 aromatic heterocycles. The zero-order valence-corrected chi connectivity index (χ0v) is 12.8. The molecule has 2 aliphatic rings. The summed E-state index contributed by atoms with van der Waals surface area (Å²) in [4.78, 5) is 11.9. The van der Waals surface area contributed by atoms with Gasteiger partial charge in [0, 0.05) is 19.8 Å². The predicted molar refractivity (Wildman–Crippen MR) is 81.7 cm³/mol. The highest BCUT2D eigenvalue weighted by Crippen LogP contribution is 2.17. The van der Waals surface area contributed by atoms with E-state index in [-0.39, 0.29) is 18.1 Å². The van der Waals surface area contributed by atoms with Gasteiger partial charge in [-0.1, -0.05) is 12.1 Å². The van der Waals surface area contributed by atoms with Crippen LogP contribution in [0.25, 0.3) is 0 Å². The van der Waals surface area contributed by atoms with E-state index < -0.39 is 0 Å². The Bertz CT molecular complexity index is 476. The maximum Gasteiger partial charge on any atom is 0.249 e. The van der Waals surface area contributed by atoms with Crippen LogP contribution in [0.15, 0.2) is 24.3 Å². The first-order chi connectivity index (χ1) is 10.8. The Morgan fingerprint density at radius 2 is 1.91 bits per heavy atom. The standard InChI is InChI=1S/C17H23NO4/c19-17(16-4-2-10-21-16)18-11-13-5-7-14(8-6-13)22-12-15-3-1-9-20-15/h5-8,15-16H,1-4,9-12H2,(H,18,19)/t15-,16-/m1/s1. The normalized spacial score (nSPS) is 24.4. The maximum absolute atomic E-state index is 11.9. The second kappa shape index (κ2) is 7.61. The van der Waals surface area contributed by atoms with Gasteiger partial charge in [0.25, 0.3) is 0 Å². The van der Waals surface area contributed by atoms with Crippen LogP contribution in [0.2, 0.25) is 0 Å². The van der Waals surface area contributed by atoms with Crippen LogP contribution in [-0.2, 0) is 20.8 Å². The number of carbonyl (C=O) groups excluding carboxylic acids is 1. The minimum Gasteiger partial charge on any atom is -0.491 e. The van der Waals surface area contributed by atoms with Crippen molar-refractivity contribution in [3.05, 3.63) is 29.8 Å². The first-order valence-electron chi connectivity index (χ1n) is 8.04. The third-order valence-electron chi connectivity index (χ3n) is 4.07. The Hall–Kier alpha value is -1.59. The van der Waals surface area contributed by atoms with Crippen molar-refractivity contribution in [1.29, 1.82) is 0 Å². The fourth-order valence-corrected chi connectivity index (χ4v) is 2.76.